The normalized spacial score (nSPS) is 19.8. The highest BCUT2D eigenvalue weighted by Crippen LogP contribution is 2.10. The lowest BCUT2D eigenvalue weighted by molar-refractivity contribution is -0.129. The second kappa shape index (κ2) is 8.59. The molecule has 1 saturated heterocycles. The standard InChI is InChI=1S/C13H27N3O3S/c1-3-16(4-2)13(17)11-15-20(18,19)10-8-12-7-5-6-9-14-12/h12,14-15H,3-11H2,1-2H3. The zero-order valence-corrected chi connectivity index (χ0v) is 13.3. The first-order valence-electron chi connectivity index (χ1n) is 7.47. The molecule has 1 rings (SSSR count). The minimum absolute atomic E-state index is 0.0796. The summed E-state index contributed by atoms with van der Waals surface area (Å²) in [5.41, 5.74) is 0. The second-order valence-electron chi connectivity index (χ2n) is 5.14. The molecule has 1 fully saturated rings. The molecule has 0 spiro atoms. The molecule has 0 radical (unpaired) electrons. The summed E-state index contributed by atoms with van der Waals surface area (Å²) in [4.78, 5) is 13.4. The largest absolute Gasteiger partial charge is 0.342 e. The van der Waals surface area contributed by atoms with Crippen molar-refractivity contribution >= 4 is 15.9 Å². The van der Waals surface area contributed by atoms with Crippen LogP contribution in [0.25, 0.3) is 0 Å². The van der Waals surface area contributed by atoms with E-state index >= 15 is 0 Å². The number of sulfonamides is 1. The Kier molecular flexibility index (Phi) is 7.47. The summed E-state index contributed by atoms with van der Waals surface area (Å²) in [6.07, 6.45) is 3.97. The van der Waals surface area contributed by atoms with Gasteiger partial charge in [-0.15, -0.1) is 0 Å². The van der Waals surface area contributed by atoms with E-state index in [0.717, 1.165) is 19.4 Å². The van der Waals surface area contributed by atoms with Crippen molar-refractivity contribution in [2.75, 3.05) is 31.9 Å². The van der Waals surface area contributed by atoms with Gasteiger partial charge in [-0.2, -0.15) is 0 Å². The van der Waals surface area contributed by atoms with Crippen molar-refractivity contribution in [2.24, 2.45) is 0 Å². The van der Waals surface area contributed by atoms with Gasteiger partial charge in [0.15, 0.2) is 0 Å². The summed E-state index contributed by atoms with van der Waals surface area (Å²) >= 11 is 0. The van der Waals surface area contributed by atoms with Crippen LogP contribution in [0.1, 0.15) is 39.5 Å². The summed E-state index contributed by atoms with van der Waals surface area (Å²) in [6, 6.07) is 0.291. The van der Waals surface area contributed by atoms with Gasteiger partial charge in [0, 0.05) is 19.1 Å². The van der Waals surface area contributed by atoms with Crippen molar-refractivity contribution in [3.05, 3.63) is 0 Å². The number of amides is 1. The van der Waals surface area contributed by atoms with Gasteiger partial charge in [0.25, 0.3) is 0 Å². The van der Waals surface area contributed by atoms with Crippen molar-refractivity contribution in [3.63, 3.8) is 0 Å². The van der Waals surface area contributed by atoms with Gasteiger partial charge < -0.3 is 10.2 Å². The predicted molar refractivity (Wildman–Crippen MR) is 80.0 cm³/mol. The molecule has 6 nitrogen and oxygen atoms in total. The number of hydrogen-bond donors (Lipinski definition) is 2. The number of carbonyl (C=O) groups is 1. The van der Waals surface area contributed by atoms with E-state index in [1.165, 1.54) is 6.42 Å². The van der Waals surface area contributed by atoms with Crippen molar-refractivity contribution in [1.82, 2.24) is 14.9 Å². The average molecular weight is 305 g/mol. The maximum Gasteiger partial charge on any atom is 0.237 e. The molecule has 2 N–H and O–H groups in total. The Morgan fingerprint density at radius 3 is 2.55 bits per heavy atom. The van der Waals surface area contributed by atoms with Crippen LogP contribution in [0.5, 0.6) is 0 Å². The number of nitrogens with one attached hydrogen (secondary N) is 2. The van der Waals surface area contributed by atoms with E-state index < -0.39 is 10.0 Å². The molecule has 1 aliphatic rings. The van der Waals surface area contributed by atoms with Crippen LogP contribution in [0.15, 0.2) is 0 Å². The van der Waals surface area contributed by atoms with Gasteiger partial charge in [0.2, 0.25) is 15.9 Å². The van der Waals surface area contributed by atoms with E-state index in [9.17, 15) is 13.2 Å². The monoisotopic (exact) mass is 305 g/mol. The van der Waals surface area contributed by atoms with Gasteiger partial charge in [-0.3, -0.25) is 4.79 Å². The number of hydrogen-bond acceptors (Lipinski definition) is 4. The fourth-order valence-electron chi connectivity index (χ4n) is 2.40. The lowest BCUT2D eigenvalue weighted by atomic mass is 10.0. The average Bonchev–Trinajstić information content (AvgIpc) is 2.46. The highest BCUT2D eigenvalue weighted by atomic mass is 32.2. The van der Waals surface area contributed by atoms with Crippen LogP contribution in [0, 0.1) is 0 Å². The molecule has 0 bridgehead atoms. The third-order valence-electron chi connectivity index (χ3n) is 3.71. The summed E-state index contributed by atoms with van der Waals surface area (Å²) in [5, 5.41) is 3.33. The zero-order valence-electron chi connectivity index (χ0n) is 12.5. The van der Waals surface area contributed by atoms with E-state index in [1.54, 1.807) is 4.90 Å². The highest BCUT2D eigenvalue weighted by molar-refractivity contribution is 7.89. The van der Waals surface area contributed by atoms with Crippen LogP contribution in [0.2, 0.25) is 0 Å². The van der Waals surface area contributed by atoms with Crippen LogP contribution in [0.4, 0.5) is 0 Å². The number of carbonyl (C=O) groups excluding carboxylic acids is 1. The SMILES string of the molecule is CCN(CC)C(=O)CNS(=O)(=O)CCC1CCCCN1. The molecule has 20 heavy (non-hydrogen) atoms. The Bertz CT molecular complexity index is 388. The molecule has 0 aromatic carbocycles. The van der Waals surface area contributed by atoms with E-state index in [-0.39, 0.29) is 18.2 Å². The van der Waals surface area contributed by atoms with Gasteiger partial charge in [-0.1, -0.05) is 6.42 Å². The Morgan fingerprint density at radius 2 is 2.00 bits per heavy atom. The fourth-order valence-corrected chi connectivity index (χ4v) is 3.48. The van der Waals surface area contributed by atoms with Gasteiger partial charge in [-0.05, 0) is 39.7 Å². The van der Waals surface area contributed by atoms with E-state index in [4.69, 9.17) is 0 Å². The Labute approximate surface area is 122 Å². The molecule has 1 atom stereocenters. The van der Waals surface area contributed by atoms with E-state index in [1.807, 2.05) is 13.8 Å². The minimum atomic E-state index is -3.36. The first-order valence-corrected chi connectivity index (χ1v) is 9.12. The Hall–Kier alpha value is -0.660. The quantitative estimate of drug-likeness (QED) is 0.676. The molecule has 0 aliphatic carbocycles. The predicted octanol–water partition coefficient (Wildman–Crippen LogP) is 0.306. The van der Waals surface area contributed by atoms with Crippen molar-refractivity contribution in [3.8, 4) is 0 Å². The fraction of sp³-hybridized carbons (Fsp3) is 0.923. The van der Waals surface area contributed by atoms with Gasteiger partial charge in [0.05, 0.1) is 12.3 Å². The van der Waals surface area contributed by atoms with E-state index in [2.05, 4.69) is 10.0 Å². The summed E-state index contributed by atoms with van der Waals surface area (Å²) in [5.74, 6) is -0.0923. The molecule has 1 aliphatic heterocycles. The highest BCUT2D eigenvalue weighted by Gasteiger charge is 2.19. The van der Waals surface area contributed by atoms with Gasteiger partial charge in [-0.25, -0.2) is 13.1 Å². The zero-order chi connectivity index (χ0) is 15.0. The molecule has 0 aromatic heterocycles. The molecule has 118 valence electrons. The number of nitrogens with zero attached hydrogens (tertiary/aromatic N) is 1. The summed E-state index contributed by atoms with van der Waals surface area (Å²) < 4.78 is 26.1. The minimum Gasteiger partial charge on any atom is -0.342 e. The molecule has 1 heterocycles. The molecular formula is C13H27N3O3S. The molecule has 0 saturated carbocycles. The number of likely N-dealkylation sites (N-methyl/N-ethyl adjacent to an activating group) is 1. The second-order valence-corrected chi connectivity index (χ2v) is 7.07. The lowest BCUT2D eigenvalue weighted by Crippen LogP contribution is -2.42. The molecule has 7 heteroatoms. The van der Waals surface area contributed by atoms with Gasteiger partial charge >= 0.3 is 0 Å². The van der Waals surface area contributed by atoms with E-state index in [0.29, 0.717) is 25.6 Å². The molecule has 1 amide bonds. The smallest absolute Gasteiger partial charge is 0.237 e. The topological polar surface area (TPSA) is 78.5 Å². The first-order chi connectivity index (χ1) is 9.48. The van der Waals surface area contributed by atoms with Crippen molar-refractivity contribution in [2.45, 2.75) is 45.6 Å². The van der Waals surface area contributed by atoms with Crippen LogP contribution < -0.4 is 10.0 Å². The molecular weight excluding hydrogens is 278 g/mol. The first kappa shape index (κ1) is 17.4. The molecule has 0 aromatic rings. The van der Waals surface area contributed by atoms with Crippen LogP contribution in [-0.2, 0) is 14.8 Å². The van der Waals surface area contributed by atoms with Crippen LogP contribution in [0.3, 0.4) is 0 Å². The van der Waals surface area contributed by atoms with Crippen LogP contribution >= 0.6 is 0 Å². The van der Waals surface area contributed by atoms with Crippen molar-refractivity contribution < 1.29 is 13.2 Å². The van der Waals surface area contributed by atoms with Crippen molar-refractivity contribution in [1.29, 1.82) is 0 Å². The van der Waals surface area contributed by atoms with Crippen LogP contribution in [-0.4, -0.2) is 57.2 Å². The third-order valence-corrected chi connectivity index (χ3v) is 5.06. The number of rotatable bonds is 8. The maximum atomic E-state index is 11.9. The summed E-state index contributed by atoms with van der Waals surface area (Å²) in [6.45, 7) is 5.79. The van der Waals surface area contributed by atoms with Gasteiger partial charge in [0.1, 0.15) is 0 Å². The Morgan fingerprint density at radius 1 is 1.30 bits per heavy atom. The Balaban J connectivity index is 2.31. The maximum absolute atomic E-state index is 11.9. The molecule has 1 unspecified atom stereocenters. The lowest BCUT2D eigenvalue weighted by Gasteiger charge is -2.23. The summed E-state index contributed by atoms with van der Waals surface area (Å²) in [7, 11) is -3.36. The third kappa shape index (κ3) is 6.19. The number of piperidine rings is 1.